The van der Waals surface area contributed by atoms with Crippen LogP contribution in [0.25, 0.3) is 0 Å². The lowest BCUT2D eigenvalue weighted by Gasteiger charge is -2.19. The molecule has 0 radical (unpaired) electrons. The van der Waals surface area contributed by atoms with Crippen molar-refractivity contribution in [3.05, 3.63) is 75.2 Å². The van der Waals surface area contributed by atoms with Crippen LogP contribution in [0.15, 0.2) is 58.4 Å². The number of hydrogen-bond acceptors (Lipinski definition) is 5. The van der Waals surface area contributed by atoms with Crippen LogP contribution in [0.5, 0.6) is 0 Å². The van der Waals surface area contributed by atoms with E-state index in [1.54, 1.807) is 29.6 Å². The fourth-order valence-electron chi connectivity index (χ4n) is 2.55. The van der Waals surface area contributed by atoms with Crippen LogP contribution in [-0.2, 0) is 22.3 Å². The zero-order valence-corrected chi connectivity index (χ0v) is 17.8. The minimum absolute atomic E-state index is 0.0457. The molecule has 0 unspecified atom stereocenters. The first-order valence-corrected chi connectivity index (χ1v) is 10.2. The smallest absolute Gasteiger partial charge is 0.416 e. The number of thiazole rings is 1. The van der Waals surface area contributed by atoms with E-state index >= 15 is 0 Å². The molecule has 1 amide bonds. The maximum absolute atomic E-state index is 13.0. The first kappa shape index (κ1) is 22.0. The van der Waals surface area contributed by atoms with Crippen molar-refractivity contribution >= 4 is 50.0 Å². The van der Waals surface area contributed by atoms with Gasteiger partial charge in [0, 0.05) is 16.8 Å². The number of carbonyl (C=O) groups is 2. The van der Waals surface area contributed by atoms with Crippen LogP contribution in [0.2, 0.25) is 0 Å². The number of aromatic nitrogens is 1. The minimum atomic E-state index is -4.53. The molecule has 0 saturated carbocycles. The molecule has 3 aromatic rings. The molecule has 0 aliphatic rings. The number of ether oxygens (including phenoxy) is 1. The Morgan fingerprint density at radius 3 is 2.57 bits per heavy atom. The van der Waals surface area contributed by atoms with E-state index in [1.165, 1.54) is 19.1 Å². The summed E-state index contributed by atoms with van der Waals surface area (Å²) in [6.45, 7) is 1.09. The Bertz CT molecular complexity index is 1080. The summed E-state index contributed by atoms with van der Waals surface area (Å²) >= 11 is 4.33. The average molecular weight is 499 g/mol. The SMILES string of the molecule is CC(=O)N(c1cccc(C(F)(F)F)c1)c1nc(COC(=O)c2cccc(Br)c2)cs1. The molecule has 0 saturated heterocycles. The molecule has 1 aromatic heterocycles. The molecule has 3 rings (SSSR count). The molecule has 0 spiro atoms. The van der Waals surface area contributed by atoms with Crippen molar-refractivity contribution in [2.75, 3.05) is 4.90 Å². The molecule has 10 heteroatoms. The van der Waals surface area contributed by atoms with E-state index < -0.39 is 23.6 Å². The Morgan fingerprint density at radius 1 is 1.17 bits per heavy atom. The number of hydrogen-bond donors (Lipinski definition) is 0. The predicted octanol–water partition coefficient (Wildman–Crippen LogP) is 5.97. The second-order valence-electron chi connectivity index (χ2n) is 6.11. The third kappa shape index (κ3) is 5.25. The highest BCUT2D eigenvalue weighted by atomic mass is 79.9. The Morgan fingerprint density at radius 2 is 1.90 bits per heavy atom. The van der Waals surface area contributed by atoms with Crippen LogP contribution in [-0.4, -0.2) is 16.9 Å². The summed E-state index contributed by atoms with van der Waals surface area (Å²) in [6, 6.07) is 11.1. The molecule has 2 aromatic carbocycles. The summed E-state index contributed by atoms with van der Waals surface area (Å²) in [5, 5.41) is 1.75. The number of halogens is 4. The van der Waals surface area contributed by atoms with E-state index in [0.717, 1.165) is 32.8 Å². The molecular weight excluding hydrogens is 485 g/mol. The van der Waals surface area contributed by atoms with E-state index in [4.69, 9.17) is 4.74 Å². The quantitative estimate of drug-likeness (QED) is 0.406. The first-order chi connectivity index (χ1) is 14.1. The monoisotopic (exact) mass is 498 g/mol. The van der Waals surface area contributed by atoms with Crippen molar-refractivity contribution in [1.29, 1.82) is 0 Å². The van der Waals surface area contributed by atoms with Gasteiger partial charge in [-0.3, -0.25) is 9.69 Å². The summed E-state index contributed by atoms with van der Waals surface area (Å²) < 4.78 is 45.0. The second kappa shape index (κ2) is 8.97. The summed E-state index contributed by atoms with van der Waals surface area (Å²) in [4.78, 5) is 29.6. The number of rotatable bonds is 5. The molecule has 30 heavy (non-hydrogen) atoms. The minimum Gasteiger partial charge on any atom is -0.456 e. The van der Waals surface area contributed by atoms with Crippen LogP contribution >= 0.6 is 27.3 Å². The zero-order valence-electron chi connectivity index (χ0n) is 15.4. The third-order valence-corrected chi connectivity index (χ3v) is 5.26. The van der Waals surface area contributed by atoms with Gasteiger partial charge in [-0.15, -0.1) is 11.3 Å². The summed E-state index contributed by atoms with van der Waals surface area (Å²) in [5.74, 6) is -1.05. The Balaban J connectivity index is 1.77. The van der Waals surface area contributed by atoms with Crippen molar-refractivity contribution < 1.29 is 27.5 Å². The van der Waals surface area contributed by atoms with Crippen LogP contribution in [0.4, 0.5) is 24.0 Å². The van der Waals surface area contributed by atoms with Crippen molar-refractivity contribution in [3.63, 3.8) is 0 Å². The third-order valence-electron chi connectivity index (χ3n) is 3.89. The van der Waals surface area contributed by atoms with Crippen molar-refractivity contribution in [2.45, 2.75) is 19.7 Å². The van der Waals surface area contributed by atoms with Crippen molar-refractivity contribution in [3.8, 4) is 0 Å². The lowest BCUT2D eigenvalue weighted by molar-refractivity contribution is -0.137. The van der Waals surface area contributed by atoms with Gasteiger partial charge in [-0.25, -0.2) is 9.78 Å². The Labute approximate surface area is 182 Å². The predicted molar refractivity (Wildman–Crippen MR) is 110 cm³/mol. The molecule has 5 nitrogen and oxygen atoms in total. The van der Waals surface area contributed by atoms with Crippen LogP contribution in [0.1, 0.15) is 28.5 Å². The summed E-state index contributed by atoms with van der Waals surface area (Å²) in [7, 11) is 0. The van der Waals surface area contributed by atoms with Gasteiger partial charge in [0.15, 0.2) is 5.13 Å². The second-order valence-corrected chi connectivity index (χ2v) is 7.86. The van der Waals surface area contributed by atoms with E-state index in [-0.39, 0.29) is 17.4 Å². The molecular formula is C20H14BrF3N2O3S. The highest BCUT2D eigenvalue weighted by Gasteiger charge is 2.31. The van der Waals surface area contributed by atoms with Crippen LogP contribution in [0.3, 0.4) is 0 Å². The first-order valence-electron chi connectivity index (χ1n) is 8.50. The Hall–Kier alpha value is -2.72. The molecule has 0 atom stereocenters. The molecule has 0 bridgehead atoms. The van der Waals surface area contributed by atoms with Gasteiger partial charge in [0.25, 0.3) is 0 Å². The number of alkyl halides is 3. The van der Waals surface area contributed by atoms with Gasteiger partial charge in [-0.05, 0) is 36.4 Å². The maximum atomic E-state index is 13.0. The fourth-order valence-corrected chi connectivity index (χ4v) is 3.82. The van der Waals surface area contributed by atoms with Crippen molar-refractivity contribution in [2.24, 2.45) is 0 Å². The number of esters is 1. The number of nitrogens with zero attached hydrogens (tertiary/aromatic N) is 2. The molecule has 0 aliphatic heterocycles. The van der Waals surface area contributed by atoms with Gasteiger partial charge in [-0.2, -0.15) is 13.2 Å². The normalized spacial score (nSPS) is 11.2. The summed E-state index contributed by atoms with van der Waals surface area (Å²) in [5.41, 5.74) is -0.0962. The van der Waals surface area contributed by atoms with E-state index in [1.807, 2.05) is 0 Å². The lowest BCUT2D eigenvalue weighted by Crippen LogP contribution is -2.23. The zero-order chi connectivity index (χ0) is 21.9. The standard InChI is InChI=1S/C20H14BrF3N2O3S/c1-12(27)26(17-7-3-5-14(9-17)20(22,23)24)19-25-16(11-30-19)10-29-18(28)13-4-2-6-15(21)8-13/h2-9,11H,10H2,1H3. The average Bonchev–Trinajstić information content (AvgIpc) is 3.14. The van der Waals surface area contributed by atoms with Gasteiger partial charge in [0.1, 0.15) is 6.61 Å². The van der Waals surface area contributed by atoms with E-state index in [2.05, 4.69) is 20.9 Å². The topological polar surface area (TPSA) is 59.5 Å². The largest absolute Gasteiger partial charge is 0.456 e. The van der Waals surface area contributed by atoms with Crippen LogP contribution < -0.4 is 4.90 Å². The van der Waals surface area contributed by atoms with Gasteiger partial charge in [-0.1, -0.05) is 28.1 Å². The molecule has 156 valence electrons. The number of amides is 1. The Kier molecular flexibility index (Phi) is 6.57. The van der Waals surface area contributed by atoms with Gasteiger partial charge in [0.05, 0.1) is 22.5 Å². The lowest BCUT2D eigenvalue weighted by atomic mass is 10.2. The van der Waals surface area contributed by atoms with E-state index in [9.17, 15) is 22.8 Å². The van der Waals surface area contributed by atoms with Gasteiger partial charge >= 0.3 is 12.1 Å². The molecule has 0 aliphatic carbocycles. The summed E-state index contributed by atoms with van der Waals surface area (Å²) in [6.07, 6.45) is -4.53. The molecule has 1 heterocycles. The fraction of sp³-hybridized carbons (Fsp3) is 0.150. The molecule has 0 N–H and O–H groups in total. The maximum Gasteiger partial charge on any atom is 0.416 e. The number of benzene rings is 2. The number of carbonyl (C=O) groups excluding carboxylic acids is 2. The van der Waals surface area contributed by atoms with Gasteiger partial charge < -0.3 is 4.74 Å². The van der Waals surface area contributed by atoms with Gasteiger partial charge in [0.2, 0.25) is 5.91 Å². The highest BCUT2D eigenvalue weighted by molar-refractivity contribution is 9.10. The number of anilines is 2. The van der Waals surface area contributed by atoms with Crippen LogP contribution in [0, 0.1) is 0 Å². The highest BCUT2D eigenvalue weighted by Crippen LogP contribution is 2.35. The molecule has 0 fully saturated rings. The van der Waals surface area contributed by atoms with E-state index in [0.29, 0.717) is 11.3 Å². The van der Waals surface area contributed by atoms with Crippen molar-refractivity contribution in [1.82, 2.24) is 4.98 Å².